The maximum atomic E-state index is 9.92. The SMILES string of the molecule is CC(=O)OCCN.CCCCCCCCCCC(Br)CCCCCCCCCC. The number of nitrogens with two attached hydrogens (primary N) is 1. The van der Waals surface area contributed by atoms with Gasteiger partial charge < -0.3 is 10.5 Å². The first-order valence-corrected chi connectivity index (χ1v) is 13.5. The zero-order valence-corrected chi connectivity index (χ0v) is 21.6. The molecule has 0 aliphatic rings. The quantitative estimate of drug-likeness (QED) is 0.109. The van der Waals surface area contributed by atoms with Crippen molar-refractivity contribution in [1.82, 2.24) is 0 Å². The number of unbranched alkanes of at least 4 members (excludes halogenated alkanes) is 14. The summed E-state index contributed by atoms with van der Waals surface area (Å²) < 4.78 is 4.43. The number of esters is 1. The predicted octanol–water partition coefficient (Wildman–Crippen LogP) is 8.32. The molecule has 0 saturated carbocycles. The van der Waals surface area contributed by atoms with E-state index in [2.05, 4.69) is 34.5 Å². The highest BCUT2D eigenvalue weighted by Crippen LogP contribution is 2.19. The van der Waals surface area contributed by atoms with Gasteiger partial charge in [-0.05, 0) is 12.8 Å². The van der Waals surface area contributed by atoms with Crippen molar-refractivity contribution in [3.8, 4) is 0 Å². The summed E-state index contributed by atoms with van der Waals surface area (Å²) in [6.07, 6.45) is 25.8. The molecular weight excluding hydrogens is 426 g/mol. The highest BCUT2D eigenvalue weighted by Gasteiger charge is 2.03. The molecule has 0 bridgehead atoms. The summed E-state index contributed by atoms with van der Waals surface area (Å²) in [4.78, 5) is 10.7. The number of carbonyl (C=O) groups is 1. The molecule has 0 amide bonds. The molecular formula is C25H52BrNO2. The van der Waals surface area contributed by atoms with Crippen LogP contribution in [0.25, 0.3) is 0 Å². The maximum Gasteiger partial charge on any atom is 0.302 e. The minimum atomic E-state index is -0.273. The molecule has 176 valence electrons. The summed E-state index contributed by atoms with van der Waals surface area (Å²) in [5.41, 5.74) is 5.00. The monoisotopic (exact) mass is 477 g/mol. The lowest BCUT2D eigenvalue weighted by molar-refractivity contribution is -0.140. The van der Waals surface area contributed by atoms with Crippen LogP contribution in [0, 0.1) is 0 Å². The molecule has 0 aliphatic carbocycles. The second-order valence-corrected chi connectivity index (χ2v) is 9.55. The van der Waals surface area contributed by atoms with Gasteiger partial charge in [0.2, 0.25) is 0 Å². The standard InChI is InChI=1S/C21H43Br.C4H9NO2/c1-3-5-7-9-11-13-15-17-19-21(22)20-18-16-14-12-10-8-6-4-2;1-4(6)7-3-2-5/h21H,3-20H2,1-2H3;2-3,5H2,1H3. The summed E-state index contributed by atoms with van der Waals surface area (Å²) in [7, 11) is 0. The molecule has 0 saturated heterocycles. The van der Waals surface area contributed by atoms with Crippen molar-refractivity contribution >= 4 is 21.9 Å². The van der Waals surface area contributed by atoms with Crippen LogP contribution in [0.4, 0.5) is 0 Å². The average Bonchev–Trinajstić information content (AvgIpc) is 2.71. The molecule has 3 nitrogen and oxygen atoms in total. The van der Waals surface area contributed by atoms with Crippen molar-refractivity contribution in [3.05, 3.63) is 0 Å². The van der Waals surface area contributed by atoms with Crippen molar-refractivity contribution in [3.63, 3.8) is 0 Å². The first-order valence-electron chi connectivity index (χ1n) is 12.6. The Morgan fingerprint density at radius 1 is 0.724 bits per heavy atom. The van der Waals surface area contributed by atoms with Crippen LogP contribution in [0.15, 0.2) is 0 Å². The van der Waals surface area contributed by atoms with Gasteiger partial charge >= 0.3 is 5.97 Å². The van der Waals surface area contributed by atoms with Gasteiger partial charge in [-0.25, -0.2) is 0 Å². The zero-order chi connectivity index (χ0) is 22.0. The van der Waals surface area contributed by atoms with Gasteiger partial charge in [0.25, 0.3) is 0 Å². The van der Waals surface area contributed by atoms with E-state index in [9.17, 15) is 4.79 Å². The van der Waals surface area contributed by atoms with Gasteiger partial charge in [-0.1, -0.05) is 133 Å². The van der Waals surface area contributed by atoms with Crippen LogP contribution in [0.1, 0.15) is 136 Å². The first kappa shape index (κ1) is 31.1. The number of carbonyl (C=O) groups excluding carboxylic acids is 1. The topological polar surface area (TPSA) is 52.3 Å². The van der Waals surface area contributed by atoms with Crippen LogP contribution in [0.3, 0.4) is 0 Å². The fraction of sp³-hybridized carbons (Fsp3) is 0.960. The van der Waals surface area contributed by atoms with Gasteiger partial charge in [-0.3, -0.25) is 4.79 Å². The van der Waals surface area contributed by atoms with Crippen molar-refractivity contribution in [2.45, 2.75) is 141 Å². The molecule has 4 heteroatoms. The molecule has 2 N–H and O–H groups in total. The highest BCUT2D eigenvalue weighted by molar-refractivity contribution is 9.09. The molecule has 0 spiro atoms. The van der Waals surface area contributed by atoms with Gasteiger partial charge in [0.05, 0.1) is 0 Å². The fourth-order valence-corrected chi connectivity index (χ4v) is 3.99. The second-order valence-electron chi connectivity index (χ2n) is 8.25. The molecule has 0 heterocycles. The third-order valence-corrected chi connectivity index (χ3v) is 6.08. The Hall–Kier alpha value is -0.0900. The van der Waals surface area contributed by atoms with E-state index in [-0.39, 0.29) is 5.97 Å². The number of hydrogen-bond donors (Lipinski definition) is 1. The van der Waals surface area contributed by atoms with Gasteiger partial charge in [0, 0.05) is 18.3 Å². The lowest BCUT2D eigenvalue weighted by atomic mass is 10.0. The van der Waals surface area contributed by atoms with Crippen molar-refractivity contribution in [2.24, 2.45) is 5.73 Å². The van der Waals surface area contributed by atoms with Crippen LogP contribution in [0.5, 0.6) is 0 Å². The van der Waals surface area contributed by atoms with Crippen molar-refractivity contribution in [1.29, 1.82) is 0 Å². The van der Waals surface area contributed by atoms with E-state index in [0.717, 1.165) is 4.83 Å². The summed E-state index contributed by atoms with van der Waals surface area (Å²) >= 11 is 3.88. The van der Waals surface area contributed by atoms with E-state index in [0.29, 0.717) is 13.2 Å². The van der Waals surface area contributed by atoms with E-state index >= 15 is 0 Å². The van der Waals surface area contributed by atoms with E-state index in [1.54, 1.807) is 0 Å². The molecule has 29 heavy (non-hydrogen) atoms. The van der Waals surface area contributed by atoms with Gasteiger partial charge in [-0.2, -0.15) is 0 Å². The van der Waals surface area contributed by atoms with E-state index < -0.39 is 0 Å². The number of hydrogen-bond acceptors (Lipinski definition) is 3. The number of alkyl halides is 1. The molecule has 0 aromatic rings. The lowest BCUT2D eigenvalue weighted by Crippen LogP contribution is -2.10. The Morgan fingerprint density at radius 3 is 1.34 bits per heavy atom. The summed E-state index contributed by atoms with van der Waals surface area (Å²) in [5.74, 6) is -0.273. The first-order chi connectivity index (χ1) is 14.1. The normalized spacial score (nSPS) is 10.7. The largest absolute Gasteiger partial charge is 0.465 e. The number of ether oxygens (including phenoxy) is 1. The van der Waals surface area contributed by atoms with Gasteiger partial charge in [0.1, 0.15) is 6.61 Å². The molecule has 0 aromatic heterocycles. The highest BCUT2D eigenvalue weighted by atomic mass is 79.9. The molecule has 0 radical (unpaired) electrons. The smallest absolute Gasteiger partial charge is 0.302 e. The number of halogens is 1. The molecule has 0 rings (SSSR count). The van der Waals surface area contributed by atoms with Crippen LogP contribution in [0.2, 0.25) is 0 Å². The Balaban J connectivity index is 0. The minimum absolute atomic E-state index is 0.273. The Labute approximate surface area is 191 Å². The minimum Gasteiger partial charge on any atom is -0.465 e. The third kappa shape index (κ3) is 32.8. The predicted molar refractivity (Wildman–Crippen MR) is 133 cm³/mol. The second kappa shape index (κ2) is 27.9. The summed E-state index contributed by atoms with van der Waals surface area (Å²) in [6.45, 7) is 6.68. The Bertz CT molecular complexity index is 293. The van der Waals surface area contributed by atoms with Crippen LogP contribution in [-0.4, -0.2) is 23.9 Å². The van der Waals surface area contributed by atoms with Gasteiger partial charge in [-0.15, -0.1) is 0 Å². The van der Waals surface area contributed by atoms with Crippen LogP contribution >= 0.6 is 15.9 Å². The van der Waals surface area contributed by atoms with Crippen LogP contribution in [-0.2, 0) is 9.53 Å². The van der Waals surface area contributed by atoms with E-state index in [1.165, 1.54) is 122 Å². The lowest BCUT2D eigenvalue weighted by Gasteiger charge is -2.09. The molecule has 0 atom stereocenters. The van der Waals surface area contributed by atoms with E-state index in [1.807, 2.05) is 0 Å². The maximum absolute atomic E-state index is 9.92. The van der Waals surface area contributed by atoms with E-state index in [4.69, 9.17) is 5.73 Å². The zero-order valence-electron chi connectivity index (χ0n) is 20.0. The Morgan fingerprint density at radius 2 is 1.07 bits per heavy atom. The van der Waals surface area contributed by atoms with Crippen molar-refractivity contribution < 1.29 is 9.53 Å². The molecule has 0 fully saturated rings. The molecule has 0 aliphatic heterocycles. The summed E-state index contributed by atoms with van der Waals surface area (Å²) in [5, 5.41) is 0. The Kier molecular flexibility index (Phi) is 29.9. The van der Waals surface area contributed by atoms with Crippen molar-refractivity contribution in [2.75, 3.05) is 13.2 Å². The molecule has 0 unspecified atom stereocenters. The van der Waals surface area contributed by atoms with Crippen LogP contribution < -0.4 is 5.73 Å². The third-order valence-electron chi connectivity index (χ3n) is 5.16. The van der Waals surface area contributed by atoms with Gasteiger partial charge in [0.15, 0.2) is 0 Å². The summed E-state index contributed by atoms with van der Waals surface area (Å²) in [6, 6.07) is 0. The number of rotatable bonds is 20. The fourth-order valence-electron chi connectivity index (χ4n) is 3.35. The molecule has 0 aromatic carbocycles. The average molecular weight is 479 g/mol.